The van der Waals surface area contributed by atoms with E-state index in [4.69, 9.17) is 10.5 Å². The number of aryl methyl sites for hydroxylation is 2. The molecule has 0 radical (unpaired) electrons. The minimum atomic E-state index is 0.184. The molecule has 2 unspecified atom stereocenters. The molecule has 0 spiro atoms. The van der Waals surface area contributed by atoms with E-state index < -0.39 is 0 Å². The summed E-state index contributed by atoms with van der Waals surface area (Å²) in [5.74, 6) is 1.44. The van der Waals surface area contributed by atoms with Crippen molar-refractivity contribution in [1.82, 2.24) is 9.97 Å². The molecule has 1 fully saturated rings. The van der Waals surface area contributed by atoms with Crippen LogP contribution in [0.2, 0.25) is 0 Å². The van der Waals surface area contributed by atoms with Gasteiger partial charge in [-0.2, -0.15) is 5.11 Å². The minimum Gasteiger partial charge on any atom is -0.351 e. The zero-order chi connectivity index (χ0) is 20.9. The molecule has 0 amide bonds. The molecule has 2 aromatic rings. The predicted molar refractivity (Wildman–Crippen MR) is 119 cm³/mol. The van der Waals surface area contributed by atoms with Gasteiger partial charge in [0.2, 0.25) is 5.95 Å². The summed E-state index contributed by atoms with van der Waals surface area (Å²) in [5, 5.41) is 7.14. The van der Waals surface area contributed by atoms with Crippen LogP contribution in [0.4, 0.5) is 11.6 Å². The van der Waals surface area contributed by atoms with Crippen molar-refractivity contribution in [2.45, 2.75) is 84.1 Å². The normalized spacial score (nSPS) is 19.7. The Labute approximate surface area is 175 Å². The van der Waals surface area contributed by atoms with Gasteiger partial charge in [0.1, 0.15) is 5.69 Å². The number of rotatable bonds is 7. The van der Waals surface area contributed by atoms with Crippen molar-refractivity contribution in [3.63, 3.8) is 0 Å². The molecule has 1 saturated carbocycles. The van der Waals surface area contributed by atoms with Gasteiger partial charge in [0.15, 0.2) is 0 Å². The molecule has 1 aromatic carbocycles. The Bertz CT molecular complexity index is 807. The molecular weight excluding hydrogens is 358 g/mol. The van der Waals surface area contributed by atoms with Crippen LogP contribution in [-0.4, -0.2) is 16.0 Å². The highest BCUT2D eigenvalue weighted by atomic mass is 15.1. The van der Waals surface area contributed by atoms with Crippen LogP contribution in [0.1, 0.15) is 76.6 Å². The summed E-state index contributed by atoms with van der Waals surface area (Å²) in [5.41, 5.74) is 11.8. The lowest BCUT2D eigenvalue weighted by Crippen LogP contribution is -2.27. The summed E-state index contributed by atoms with van der Waals surface area (Å²) in [6.07, 6.45) is 9.39. The van der Waals surface area contributed by atoms with E-state index >= 15 is 0 Å². The third-order valence-corrected chi connectivity index (χ3v) is 5.93. The number of benzene rings is 1. The molecule has 3 rings (SSSR count). The molecule has 0 saturated heterocycles. The highest BCUT2D eigenvalue weighted by Crippen LogP contribution is 2.27. The van der Waals surface area contributed by atoms with E-state index in [1.807, 2.05) is 0 Å². The standard InChI is InChI=1S/C24H35N5/c1-17-7-5-9-20(15-17)27-23-26-16-22(29-25)21(28-23)10-6-8-18-11-13-19(14-12-18)24(2,3)4/h11-14,16-17,20,25H,5-10,15H2,1-4H3,(H,26,27,28). The summed E-state index contributed by atoms with van der Waals surface area (Å²) in [6.45, 7) is 9.03. The van der Waals surface area contributed by atoms with E-state index in [-0.39, 0.29) is 5.41 Å². The molecule has 156 valence electrons. The number of hydrogen-bond acceptors (Lipinski definition) is 5. The Morgan fingerprint density at radius 1 is 1.14 bits per heavy atom. The maximum atomic E-state index is 7.44. The largest absolute Gasteiger partial charge is 0.351 e. The Balaban J connectivity index is 1.59. The van der Waals surface area contributed by atoms with E-state index in [1.54, 1.807) is 6.20 Å². The molecule has 0 aliphatic heterocycles. The fraction of sp³-hybridized carbons (Fsp3) is 0.583. The number of nitrogens with zero attached hydrogens (tertiary/aromatic N) is 3. The first kappa shape index (κ1) is 21.4. The van der Waals surface area contributed by atoms with Gasteiger partial charge in [0.05, 0.1) is 11.9 Å². The molecule has 2 atom stereocenters. The van der Waals surface area contributed by atoms with Gasteiger partial charge in [-0.1, -0.05) is 64.8 Å². The first-order valence-corrected chi connectivity index (χ1v) is 10.9. The lowest BCUT2D eigenvalue weighted by molar-refractivity contribution is 0.357. The first-order valence-electron chi connectivity index (χ1n) is 10.9. The van der Waals surface area contributed by atoms with Crippen LogP contribution in [0, 0.1) is 11.4 Å². The highest BCUT2D eigenvalue weighted by molar-refractivity contribution is 5.43. The highest BCUT2D eigenvalue weighted by Gasteiger charge is 2.20. The topological polar surface area (TPSA) is 74.0 Å². The van der Waals surface area contributed by atoms with Gasteiger partial charge in [-0.3, -0.25) is 0 Å². The molecule has 29 heavy (non-hydrogen) atoms. The third-order valence-electron chi connectivity index (χ3n) is 5.93. The van der Waals surface area contributed by atoms with Crippen molar-refractivity contribution in [3.8, 4) is 0 Å². The van der Waals surface area contributed by atoms with Gasteiger partial charge in [-0.25, -0.2) is 15.5 Å². The second-order valence-electron chi connectivity index (χ2n) is 9.55. The maximum Gasteiger partial charge on any atom is 0.223 e. The third kappa shape index (κ3) is 6.09. The zero-order valence-electron chi connectivity index (χ0n) is 18.3. The zero-order valence-corrected chi connectivity index (χ0v) is 18.3. The number of anilines is 1. The molecular formula is C24H35N5. The molecule has 5 heteroatoms. The average Bonchev–Trinajstić information content (AvgIpc) is 2.68. The maximum absolute atomic E-state index is 7.44. The van der Waals surface area contributed by atoms with Crippen LogP contribution in [-0.2, 0) is 18.3 Å². The molecule has 1 heterocycles. The Hall–Kier alpha value is -2.30. The number of aromatic nitrogens is 2. The lowest BCUT2D eigenvalue weighted by atomic mass is 9.86. The molecule has 1 aliphatic carbocycles. The van der Waals surface area contributed by atoms with E-state index in [2.05, 4.69) is 67.4 Å². The Kier molecular flexibility index (Phi) is 6.99. The Morgan fingerprint density at radius 2 is 1.90 bits per heavy atom. The fourth-order valence-electron chi connectivity index (χ4n) is 4.14. The smallest absolute Gasteiger partial charge is 0.223 e. The van der Waals surface area contributed by atoms with E-state index in [9.17, 15) is 0 Å². The quantitative estimate of drug-likeness (QED) is 0.520. The van der Waals surface area contributed by atoms with Crippen LogP contribution in [0.3, 0.4) is 0 Å². The summed E-state index contributed by atoms with van der Waals surface area (Å²) in [4.78, 5) is 9.10. The monoisotopic (exact) mass is 393 g/mol. The summed E-state index contributed by atoms with van der Waals surface area (Å²) >= 11 is 0. The van der Waals surface area contributed by atoms with Crippen LogP contribution in [0.15, 0.2) is 35.6 Å². The van der Waals surface area contributed by atoms with Gasteiger partial charge < -0.3 is 5.32 Å². The molecule has 2 N–H and O–H groups in total. The molecule has 0 bridgehead atoms. The molecule has 1 aromatic heterocycles. The van der Waals surface area contributed by atoms with Crippen LogP contribution in [0.5, 0.6) is 0 Å². The lowest BCUT2D eigenvalue weighted by Gasteiger charge is -2.27. The van der Waals surface area contributed by atoms with Crippen molar-refractivity contribution in [2.75, 3.05) is 5.32 Å². The predicted octanol–water partition coefficient (Wildman–Crippen LogP) is 6.60. The van der Waals surface area contributed by atoms with Gasteiger partial charge in [0, 0.05) is 6.04 Å². The molecule has 5 nitrogen and oxygen atoms in total. The number of hydrogen-bond donors (Lipinski definition) is 2. The summed E-state index contributed by atoms with van der Waals surface area (Å²) in [6, 6.07) is 9.38. The van der Waals surface area contributed by atoms with Crippen LogP contribution in [0.25, 0.3) is 0 Å². The molecule has 1 aliphatic rings. The van der Waals surface area contributed by atoms with E-state index in [0.29, 0.717) is 17.7 Å². The Morgan fingerprint density at radius 3 is 2.55 bits per heavy atom. The summed E-state index contributed by atoms with van der Waals surface area (Å²) < 4.78 is 0. The van der Waals surface area contributed by atoms with E-state index in [0.717, 1.165) is 30.9 Å². The SMILES string of the molecule is CC1CCCC(Nc2ncc(N=N)c(CCCc3ccc(C(C)(C)C)cc3)n2)C1. The van der Waals surface area contributed by atoms with Gasteiger partial charge in [-0.15, -0.1) is 0 Å². The van der Waals surface area contributed by atoms with Gasteiger partial charge in [0.25, 0.3) is 0 Å². The van der Waals surface area contributed by atoms with Crippen molar-refractivity contribution >= 4 is 11.6 Å². The van der Waals surface area contributed by atoms with Crippen molar-refractivity contribution in [1.29, 1.82) is 5.53 Å². The fourth-order valence-corrected chi connectivity index (χ4v) is 4.14. The van der Waals surface area contributed by atoms with E-state index in [1.165, 1.54) is 36.8 Å². The van der Waals surface area contributed by atoms with Gasteiger partial charge in [-0.05, 0) is 54.6 Å². The van der Waals surface area contributed by atoms with Gasteiger partial charge >= 0.3 is 0 Å². The van der Waals surface area contributed by atoms with Crippen molar-refractivity contribution in [2.24, 2.45) is 11.0 Å². The summed E-state index contributed by atoms with van der Waals surface area (Å²) in [7, 11) is 0. The van der Waals surface area contributed by atoms with Crippen molar-refractivity contribution < 1.29 is 0 Å². The van der Waals surface area contributed by atoms with Crippen LogP contribution >= 0.6 is 0 Å². The number of nitrogens with one attached hydrogen (secondary N) is 2. The second kappa shape index (κ2) is 9.47. The second-order valence-corrected chi connectivity index (χ2v) is 9.55. The first-order chi connectivity index (χ1) is 13.8. The average molecular weight is 394 g/mol. The van der Waals surface area contributed by atoms with Crippen molar-refractivity contribution in [3.05, 3.63) is 47.3 Å². The van der Waals surface area contributed by atoms with Crippen LogP contribution < -0.4 is 5.32 Å². The minimum absolute atomic E-state index is 0.184.